The number of hydrogen-bond acceptors (Lipinski definition) is 3. The van der Waals surface area contributed by atoms with E-state index in [4.69, 9.17) is 4.74 Å². The van der Waals surface area contributed by atoms with Gasteiger partial charge in [0, 0.05) is 38.3 Å². The monoisotopic (exact) mass is 362 g/mol. The Bertz CT molecular complexity index is 646. The van der Waals surface area contributed by atoms with Crippen LogP contribution in [0.15, 0.2) is 24.3 Å². The number of likely N-dealkylation sites (tertiary alicyclic amines) is 1. The molecule has 2 heterocycles. The highest BCUT2D eigenvalue weighted by Gasteiger charge is 2.41. The van der Waals surface area contributed by atoms with Crippen LogP contribution in [0, 0.1) is 17.7 Å². The molecule has 3 rings (SSSR count). The molecule has 142 valence electrons. The lowest BCUT2D eigenvalue weighted by molar-refractivity contribution is -0.143. The van der Waals surface area contributed by atoms with Gasteiger partial charge in [0.2, 0.25) is 11.8 Å². The van der Waals surface area contributed by atoms with Crippen LogP contribution in [0.3, 0.4) is 0 Å². The maximum atomic E-state index is 14.4. The maximum absolute atomic E-state index is 14.4. The summed E-state index contributed by atoms with van der Waals surface area (Å²) in [5.74, 6) is -0.477. The van der Waals surface area contributed by atoms with Crippen molar-refractivity contribution in [3.05, 3.63) is 35.6 Å². The van der Waals surface area contributed by atoms with E-state index in [9.17, 15) is 14.0 Å². The molecule has 0 aliphatic carbocycles. The topological polar surface area (TPSA) is 58.6 Å². The van der Waals surface area contributed by atoms with Crippen molar-refractivity contribution in [2.75, 3.05) is 26.3 Å². The molecule has 1 aromatic carbocycles. The summed E-state index contributed by atoms with van der Waals surface area (Å²) in [7, 11) is 0. The van der Waals surface area contributed by atoms with Crippen LogP contribution in [0.5, 0.6) is 0 Å². The summed E-state index contributed by atoms with van der Waals surface area (Å²) in [5.41, 5.74) is 0.425. The van der Waals surface area contributed by atoms with Gasteiger partial charge in [-0.15, -0.1) is 0 Å². The van der Waals surface area contributed by atoms with E-state index in [0.717, 1.165) is 26.1 Å². The number of carbonyl (C=O) groups excluding carboxylic acids is 2. The van der Waals surface area contributed by atoms with Crippen molar-refractivity contribution in [1.29, 1.82) is 0 Å². The molecule has 0 radical (unpaired) electrons. The molecule has 1 N–H and O–H groups in total. The van der Waals surface area contributed by atoms with Crippen molar-refractivity contribution in [2.45, 2.75) is 38.6 Å². The highest BCUT2D eigenvalue weighted by Crippen LogP contribution is 2.37. The predicted molar refractivity (Wildman–Crippen MR) is 95.8 cm³/mol. The minimum atomic E-state index is -0.544. The Hall–Kier alpha value is -1.95. The van der Waals surface area contributed by atoms with E-state index < -0.39 is 12.0 Å². The fraction of sp³-hybridized carbons (Fsp3) is 0.600. The fourth-order valence-corrected chi connectivity index (χ4v) is 4.03. The van der Waals surface area contributed by atoms with Crippen molar-refractivity contribution >= 4 is 11.8 Å². The van der Waals surface area contributed by atoms with E-state index >= 15 is 0 Å². The molecule has 2 saturated heterocycles. The van der Waals surface area contributed by atoms with Gasteiger partial charge in [0.25, 0.3) is 0 Å². The second-order valence-corrected chi connectivity index (χ2v) is 7.09. The lowest BCUT2D eigenvalue weighted by Crippen LogP contribution is -2.49. The molecule has 2 aliphatic rings. The first-order valence-corrected chi connectivity index (χ1v) is 9.51. The smallest absolute Gasteiger partial charge is 0.225 e. The Labute approximate surface area is 153 Å². The molecule has 2 atom stereocenters. The van der Waals surface area contributed by atoms with Gasteiger partial charge in [-0.25, -0.2) is 4.39 Å². The van der Waals surface area contributed by atoms with Crippen molar-refractivity contribution in [3.63, 3.8) is 0 Å². The van der Waals surface area contributed by atoms with Crippen molar-refractivity contribution in [2.24, 2.45) is 11.8 Å². The molecule has 5 nitrogen and oxygen atoms in total. The average Bonchev–Trinajstić information content (AvgIpc) is 2.67. The van der Waals surface area contributed by atoms with E-state index in [0.29, 0.717) is 37.4 Å². The Morgan fingerprint density at radius 1 is 1.27 bits per heavy atom. The molecule has 2 fully saturated rings. The Balaban J connectivity index is 1.77. The van der Waals surface area contributed by atoms with Crippen LogP contribution in [0.1, 0.15) is 44.2 Å². The van der Waals surface area contributed by atoms with Crippen LogP contribution >= 0.6 is 0 Å². The highest BCUT2D eigenvalue weighted by molar-refractivity contribution is 5.85. The first kappa shape index (κ1) is 18.8. The van der Waals surface area contributed by atoms with Gasteiger partial charge in [0.05, 0.1) is 12.0 Å². The van der Waals surface area contributed by atoms with E-state index in [2.05, 4.69) is 5.32 Å². The fourth-order valence-electron chi connectivity index (χ4n) is 4.03. The van der Waals surface area contributed by atoms with E-state index in [-0.39, 0.29) is 17.6 Å². The second-order valence-electron chi connectivity index (χ2n) is 7.09. The first-order valence-electron chi connectivity index (χ1n) is 9.51. The Morgan fingerprint density at radius 2 is 2.00 bits per heavy atom. The molecular formula is C20H27FN2O3. The van der Waals surface area contributed by atoms with Crippen LogP contribution in [0.2, 0.25) is 0 Å². The van der Waals surface area contributed by atoms with Crippen molar-refractivity contribution in [1.82, 2.24) is 10.2 Å². The summed E-state index contributed by atoms with van der Waals surface area (Å²) in [4.78, 5) is 26.9. The van der Waals surface area contributed by atoms with Crippen LogP contribution < -0.4 is 5.32 Å². The quantitative estimate of drug-likeness (QED) is 0.876. The summed E-state index contributed by atoms with van der Waals surface area (Å²) in [6.45, 7) is 4.41. The third-order valence-electron chi connectivity index (χ3n) is 5.51. The van der Waals surface area contributed by atoms with Gasteiger partial charge < -0.3 is 15.0 Å². The van der Waals surface area contributed by atoms with E-state index in [1.54, 1.807) is 23.1 Å². The van der Waals surface area contributed by atoms with Crippen LogP contribution in [0.4, 0.5) is 4.39 Å². The van der Waals surface area contributed by atoms with Crippen LogP contribution in [0.25, 0.3) is 0 Å². The lowest BCUT2D eigenvalue weighted by Gasteiger charge is -2.40. The number of rotatable bonds is 5. The van der Waals surface area contributed by atoms with Crippen LogP contribution in [-0.4, -0.2) is 43.0 Å². The van der Waals surface area contributed by atoms with Gasteiger partial charge in [-0.2, -0.15) is 0 Å². The first-order chi connectivity index (χ1) is 12.6. The molecule has 6 heteroatoms. The van der Waals surface area contributed by atoms with E-state index in [1.807, 2.05) is 6.92 Å². The molecule has 0 saturated carbocycles. The molecule has 26 heavy (non-hydrogen) atoms. The summed E-state index contributed by atoms with van der Waals surface area (Å²) < 4.78 is 19.8. The number of piperidine rings is 1. The third-order valence-corrected chi connectivity index (χ3v) is 5.51. The minimum absolute atomic E-state index is 0.0192. The zero-order chi connectivity index (χ0) is 18.5. The molecule has 0 spiro atoms. The maximum Gasteiger partial charge on any atom is 0.225 e. The zero-order valence-electron chi connectivity index (χ0n) is 15.2. The Morgan fingerprint density at radius 3 is 2.69 bits per heavy atom. The second kappa shape index (κ2) is 8.62. The summed E-state index contributed by atoms with van der Waals surface area (Å²) >= 11 is 0. The predicted octanol–water partition coefficient (Wildman–Crippen LogP) is 2.67. The number of benzene rings is 1. The number of hydrogen-bond donors (Lipinski definition) is 1. The minimum Gasteiger partial charge on any atom is -0.381 e. The normalized spacial score (nSPS) is 24.5. The third kappa shape index (κ3) is 4.06. The highest BCUT2D eigenvalue weighted by atomic mass is 19.1. The molecule has 0 aromatic heterocycles. The average molecular weight is 362 g/mol. The molecule has 2 aliphatic heterocycles. The number of ether oxygens (including phenoxy) is 1. The molecular weight excluding hydrogens is 335 g/mol. The molecule has 0 bridgehead atoms. The molecule has 1 aromatic rings. The van der Waals surface area contributed by atoms with E-state index in [1.165, 1.54) is 6.07 Å². The largest absolute Gasteiger partial charge is 0.381 e. The van der Waals surface area contributed by atoms with Gasteiger partial charge in [-0.3, -0.25) is 9.59 Å². The van der Waals surface area contributed by atoms with Gasteiger partial charge in [-0.1, -0.05) is 18.2 Å². The van der Waals surface area contributed by atoms with Gasteiger partial charge in [0.1, 0.15) is 5.82 Å². The number of carbonyl (C=O) groups is 2. The van der Waals surface area contributed by atoms with Gasteiger partial charge >= 0.3 is 0 Å². The number of nitrogens with one attached hydrogen (secondary N) is 1. The Kier molecular flexibility index (Phi) is 6.25. The van der Waals surface area contributed by atoms with Gasteiger partial charge in [0.15, 0.2) is 0 Å². The molecule has 2 amide bonds. The lowest BCUT2D eigenvalue weighted by atomic mass is 9.83. The summed E-state index contributed by atoms with van der Waals surface area (Å²) in [6.07, 6.45) is 2.67. The van der Waals surface area contributed by atoms with Crippen molar-refractivity contribution < 1.29 is 18.7 Å². The standard InChI is InChI=1S/C20H27FN2O3/c1-2-23-18(24)8-7-16(19(23)15-5-3-4-6-17(15)21)20(25)22-13-14-9-11-26-12-10-14/h3-6,14,16,19H,2,7-13H2,1H3,(H,22,25)/t16-,19+/m1/s1. The molecule has 0 unspecified atom stereocenters. The SMILES string of the molecule is CCN1C(=O)CC[C@@H](C(=O)NCC2CCOCC2)[C@@H]1c1ccccc1F. The number of halogens is 1. The summed E-state index contributed by atoms with van der Waals surface area (Å²) in [6, 6.07) is 5.90. The number of amides is 2. The summed E-state index contributed by atoms with van der Waals surface area (Å²) in [5, 5.41) is 3.05. The van der Waals surface area contributed by atoms with Gasteiger partial charge in [-0.05, 0) is 38.2 Å². The number of nitrogens with zero attached hydrogens (tertiary/aromatic N) is 1. The van der Waals surface area contributed by atoms with Crippen molar-refractivity contribution in [3.8, 4) is 0 Å². The van der Waals surface area contributed by atoms with Crippen LogP contribution in [-0.2, 0) is 14.3 Å². The zero-order valence-corrected chi connectivity index (χ0v) is 15.2.